The van der Waals surface area contributed by atoms with Crippen LogP contribution in [-0.2, 0) is 4.79 Å². The predicted molar refractivity (Wildman–Crippen MR) is 97.4 cm³/mol. The molecule has 2 aromatic carbocycles. The van der Waals surface area contributed by atoms with Crippen molar-refractivity contribution in [3.8, 4) is 0 Å². The summed E-state index contributed by atoms with van der Waals surface area (Å²) in [5.41, 5.74) is 2.79. The molecule has 0 fully saturated rings. The second kappa shape index (κ2) is 8.15. The highest BCUT2D eigenvalue weighted by atomic mass is 16.2. The Labute approximate surface area is 142 Å². The summed E-state index contributed by atoms with van der Waals surface area (Å²) in [7, 11) is 3.44. The van der Waals surface area contributed by atoms with Gasteiger partial charge < -0.3 is 10.2 Å². The van der Waals surface area contributed by atoms with Crippen LogP contribution >= 0.6 is 0 Å². The van der Waals surface area contributed by atoms with Gasteiger partial charge in [0.25, 0.3) is 0 Å². The van der Waals surface area contributed by atoms with Crippen molar-refractivity contribution < 1.29 is 9.59 Å². The molecule has 0 saturated carbocycles. The molecule has 0 aliphatic heterocycles. The molecule has 1 N–H and O–H groups in total. The SMILES string of the molecule is Cc1ccc(N(C)C(=O)NCCC(=O)N(C)c2ccccc2)cc1. The van der Waals surface area contributed by atoms with E-state index < -0.39 is 0 Å². The highest BCUT2D eigenvalue weighted by molar-refractivity contribution is 5.94. The second-order valence-electron chi connectivity index (χ2n) is 5.66. The van der Waals surface area contributed by atoms with Crippen molar-refractivity contribution >= 4 is 23.3 Å². The summed E-state index contributed by atoms with van der Waals surface area (Å²) < 4.78 is 0. The van der Waals surface area contributed by atoms with Gasteiger partial charge in [-0.2, -0.15) is 0 Å². The van der Waals surface area contributed by atoms with E-state index in [0.717, 1.165) is 16.9 Å². The topological polar surface area (TPSA) is 52.7 Å². The van der Waals surface area contributed by atoms with Crippen LogP contribution in [0.25, 0.3) is 0 Å². The fraction of sp³-hybridized carbons (Fsp3) is 0.263. The van der Waals surface area contributed by atoms with Gasteiger partial charge in [-0.1, -0.05) is 35.9 Å². The Hall–Kier alpha value is -2.82. The first-order valence-electron chi connectivity index (χ1n) is 7.89. The molecular formula is C19H23N3O2. The Morgan fingerprint density at radius 2 is 1.46 bits per heavy atom. The first-order chi connectivity index (χ1) is 11.5. The number of benzene rings is 2. The zero-order valence-electron chi connectivity index (χ0n) is 14.3. The molecule has 2 rings (SSSR count). The zero-order chi connectivity index (χ0) is 17.5. The van der Waals surface area contributed by atoms with Gasteiger partial charge in [0, 0.05) is 38.4 Å². The molecule has 0 radical (unpaired) electrons. The third kappa shape index (κ3) is 4.59. The van der Waals surface area contributed by atoms with Gasteiger partial charge in [-0.25, -0.2) is 4.79 Å². The number of amides is 3. The van der Waals surface area contributed by atoms with E-state index in [4.69, 9.17) is 0 Å². The first kappa shape index (κ1) is 17.5. The predicted octanol–water partition coefficient (Wildman–Crippen LogP) is 3.19. The van der Waals surface area contributed by atoms with E-state index in [1.165, 1.54) is 4.90 Å². The standard InChI is InChI=1S/C19H23N3O2/c1-15-9-11-17(12-10-15)22(3)19(24)20-14-13-18(23)21(2)16-7-5-4-6-8-16/h4-12H,13-14H2,1-3H3,(H,20,24). The molecule has 0 atom stereocenters. The van der Waals surface area contributed by atoms with Gasteiger partial charge in [0.05, 0.1) is 0 Å². The van der Waals surface area contributed by atoms with Gasteiger partial charge in [0.1, 0.15) is 0 Å². The van der Waals surface area contributed by atoms with Gasteiger partial charge in [0.15, 0.2) is 0 Å². The van der Waals surface area contributed by atoms with Gasteiger partial charge in [0.2, 0.25) is 5.91 Å². The molecule has 24 heavy (non-hydrogen) atoms. The number of aryl methyl sites for hydroxylation is 1. The number of hydrogen-bond donors (Lipinski definition) is 1. The average Bonchev–Trinajstić information content (AvgIpc) is 2.61. The van der Waals surface area contributed by atoms with Gasteiger partial charge in [-0.05, 0) is 31.2 Å². The fourth-order valence-electron chi connectivity index (χ4n) is 2.24. The summed E-state index contributed by atoms with van der Waals surface area (Å²) in [6.07, 6.45) is 0.249. The maximum atomic E-state index is 12.2. The van der Waals surface area contributed by atoms with Crippen LogP contribution in [-0.4, -0.2) is 32.6 Å². The van der Waals surface area contributed by atoms with E-state index in [1.54, 1.807) is 19.0 Å². The summed E-state index contributed by atoms with van der Waals surface area (Å²) in [5.74, 6) is -0.0421. The fourth-order valence-corrected chi connectivity index (χ4v) is 2.24. The highest BCUT2D eigenvalue weighted by Crippen LogP contribution is 2.14. The largest absolute Gasteiger partial charge is 0.337 e. The molecule has 3 amide bonds. The van der Waals surface area contributed by atoms with Crippen molar-refractivity contribution in [3.05, 3.63) is 60.2 Å². The van der Waals surface area contributed by atoms with Crippen molar-refractivity contribution in [2.75, 3.05) is 30.4 Å². The molecule has 0 aliphatic rings. The summed E-state index contributed by atoms with van der Waals surface area (Å²) in [6, 6.07) is 16.9. The van der Waals surface area contributed by atoms with Crippen LogP contribution in [0.2, 0.25) is 0 Å². The van der Waals surface area contributed by atoms with Crippen molar-refractivity contribution in [1.82, 2.24) is 5.32 Å². The van der Waals surface area contributed by atoms with Crippen LogP contribution in [0.5, 0.6) is 0 Å². The quantitative estimate of drug-likeness (QED) is 0.918. The Balaban J connectivity index is 1.81. The molecule has 0 bridgehead atoms. The maximum absolute atomic E-state index is 12.2. The van der Waals surface area contributed by atoms with Gasteiger partial charge >= 0.3 is 6.03 Å². The Morgan fingerprint density at radius 3 is 2.08 bits per heavy atom. The Bertz CT molecular complexity index is 684. The number of nitrogens with one attached hydrogen (secondary N) is 1. The van der Waals surface area contributed by atoms with Crippen molar-refractivity contribution in [2.45, 2.75) is 13.3 Å². The number of anilines is 2. The molecule has 5 nitrogen and oxygen atoms in total. The third-order valence-corrected chi connectivity index (χ3v) is 3.86. The number of rotatable bonds is 5. The van der Waals surface area contributed by atoms with Crippen LogP contribution in [0.1, 0.15) is 12.0 Å². The second-order valence-corrected chi connectivity index (χ2v) is 5.66. The lowest BCUT2D eigenvalue weighted by molar-refractivity contribution is -0.118. The maximum Gasteiger partial charge on any atom is 0.321 e. The van der Waals surface area contributed by atoms with E-state index in [0.29, 0.717) is 6.54 Å². The molecule has 0 aliphatic carbocycles. The van der Waals surface area contributed by atoms with Crippen molar-refractivity contribution in [2.24, 2.45) is 0 Å². The molecule has 0 saturated heterocycles. The minimum atomic E-state index is -0.228. The summed E-state index contributed by atoms with van der Waals surface area (Å²) in [4.78, 5) is 27.4. The van der Waals surface area contributed by atoms with Crippen LogP contribution in [0.15, 0.2) is 54.6 Å². The monoisotopic (exact) mass is 325 g/mol. The van der Waals surface area contributed by atoms with Crippen LogP contribution < -0.4 is 15.1 Å². The highest BCUT2D eigenvalue weighted by Gasteiger charge is 2.13. The normalized spacial score (nSPS) is 10.1. The first-order valence-corrected chi connectivity index (χ1v) is 7.89. The molecule has 5 heteroatoms. The Kier molecular flexibility index (Phi) is 5.95. The zero-order valence-corrected chi connectivity index (χ0v) is 14.3. The minimum Gasteiger partial charge on any atom is -0.337 e. The van der Waals surface area contributed by atoms with Crippen LogP contribution in [0.3, 0.4) is 0 Å². The number of urea groups is 1. The summed E-state index contributed by atoms with van der Waals surface area (Å²) in [5, 5.41) is 2.77. The number of para-hydroxylation sites is 1. The average molecular weight is 325 g/mol. The van der Waals surface area contributed by atoms with Crippen molar-refractivity contribution in [3.63, 3.8) is 0 Å². The lowest BCUT2D eigenvalue weighted by Gasteiger charge is -2.20. The molecule has 0 heterocycles. The van der Waals surface area contributed by atoms with E-state index in [9.17, 15) is 9.59 Å². The molecule has 126 valence electrons. The van der Waals surface area contributed by atoms with E-state index in [1.807, 2.05) is 61.5 Å². The molecular weight excluding hydrogens is 302 g/mol. The van der Waals surface area contributed by atoms with Crippen LogP contribution in [0, 0.1) is 6.92 Å². The lowest BCUT2D eigenvalue weighted by atomic mass is 10.2. The smallest absolute Gasteiger partial charge is 0.321 e. The lowest BCUT2D eigenvalue weighted by Crippen LogP contribution is -2.39. The van der Waals surface area contributed by atoms with Gasteiger partial charge in [-0.3, -0.25) is 9.69 Å². The summed E-state index contributed by atoms with van der Waals surface area (Å²) >= 11 is 0. The third-order valence-electron chi connectivity index (χ3n) is 3.86. The molecule has 2 aromatic rings. The van der Waals surface area contributed by atoms with Crippen LogP contribution in [0.4, 0.5) is 16.2 Å². The van der Waals surface area contributed by atoms with E-state index >= 15 is 0 Å². The van der Waals surface area contributed by atoms with Crippen molar-refractivity contribution in [1.29, 1.82) is 0 Å². The number of carbonyl (C=O) groups excluding carboxylic acids is 2. The van der Waals surface area contributed by atoms with E-state index in [2.05, 4.69) is 5.32 Å². The number of carbonyl (C=O) groups is 2. The summed E-state index contributed by atoms with van der Waals surface area (Å²) in [6.45, 7) is 2.30. The number of nitrogens with zero attached hydrogens (tertiary/aromatic N) is 2. The molecule has 0 unspecified atom stereocenters. The molecule has 0 aromatic heterocycles. The Morgan fingerprint density at radius 1 is 0.875 bits per heavy atom. The van der Waals surface area contributed by atoms with Gasteiger partial charge in [-0.15, -0.1) is 0 Å². The molecule has 0 spiro atoms. The van der Waals surface area contributed by atoms with E-state index in [-0.39, 0.29) is 18.4 Å². The minimum absolute atomic E-state index is 0.0421. The number of hydrogen-bond acceptors (Lipinski definition) is 2.